The van der Waals surface area contributed by atoms with Gasteiger partial charge >= 0.3 is 6.18 Å². The van der Waals surface area contributed by atoms with Crippen molar-refractivity contribution in [2.45, 2.75) is 18.8 Å². The summed E-state index contributed by atoms with van der Waals surface area (Å²) in [5.74, 6) is -0.694. The minimum Gasteiger partial charge on any atom is -0.489 e. The average Bonchev–Trinajstić information content (AvgIpc) is 2.93. The highest BCUT2D eigenvalue weighted by atomic mass is 35.5. The summed E-state index contributed by atoms with van der Waals surface area (Å²) in [6, 6.07) is 12.9. The van der Waals surface area contributed by atoms with Crippen LogP contribution in [0.1, 0.15) is 5.82 Å². The molecule has 0 spiro atoms. The number of imidazole rings is 1. The predicted molar refractivity (Wildman–Crippen MR) is 87.7 cm³/mol. The van der Waals surface area contributed by atoms with Gasteiger partial charge in [-0.2, -0.15) is 13.2 Å². The number of aromatic nitrogens is 2. The number of benzene rings is 2. The Morgan fingerprint density at radius 2 is 1.80 bits per heavy atom. The summed E-state index contributed by atoms with van der Waals surface area (Å²) in [6.45, 7) is -0.507. The van der Waals surface area contributed by atoms with Gasteiger partial charge in [-0.05, 0) is 24.3 Å². The summed E-state index contributed by atoms with van der Waals surface area (Å²) < 4.78 is 46.0. The summed E-state index contributed by atoms with van der Waals surface area (Å²) in [6.07, 6.45) is -5.79. The van der Waals surface area contributed by atoms with Gasteiger partial charge in [0.05, 0.1) is 22.6 Å². The first-order chi connectivity index (χ1) is 11.9. The van der Waals surface area contributed by atoms with E-state index in [4.69, 9.17) is 16.3 Å². The van der Waals surface area contributed by atoms with Gasteiger partial charge in [-0.15, -0.1) is 0 Å². The largest absolute Gasteiger partial charge is 0.489 e. The van der Waals surface area contributed by atoms with Crippen molar-refractivity contribution in [3.05, 3.63) is 59.4 Å². The molecule has 132 valence electrons. The van der Waals surface area contributed by atoms with Crippen LogP contribution in [-0.4, -0.2) is 27.4 Å². The van der Waals surface area contributed by atoms with Crippen LogP contribution in [0, 0.1) is 0 Å². The Balaban J connectivity index is 1.81. The van der Waals surface area contributed by atoms with E-state index in [1.54, 1.807) is 36.4 Å². The quantitative estimate of drug-likeness (QED) is 0.734. The molecule has 0 amide bonds. The van der Waals surface area contributed by atoms with E-state index in [-0.39, 0.29) is 18.7 Å². The van der Waals surface area contributed by atoms with E-state index >= 15 is 0 Å². The first kappa shape index (κ1) is 17.6. The number of nitrogens with zero attached hydrogens (tertiary/aromatic N) is 2. The fraction of sp³-hybridized carbons (Fsp3) is 0.235. The Kier molecular flexibility index (Phi) is 4.87. The maximum atomic E-state index is 13.2. The van der Waals surface area contributed by atoms with Crippen LogP contribution in [0.3, 0.4) is 0 Å². The maximum Gasteiger partial charge on any atom is 0.449 e. The zero-order chi connectivity index (χ0) is 18.0. The fourth-order valence-corrected chi connectivity index (χ4v) is 2.68. The maximum absolute atomic E-state index is 13.2. The second-order valence-electron chi connectivity index (χ2n) is 5.43. The average molecular weight is 371 g/mol. The Labute approximate surface area is 146 Å². The van der Waals surface area contributed by atoms with Crippen molar-refractivity contribution in [1.29, 1.82) is 0 Å². The molecule has 0 aliphatic carbocycles. The van der Waals surface area contributed by atoms with E-state index in [1.165, 1.54) is 12.1 Å². The molecule has 8 heteroatoms. The van der Waals surface area contributed by atoms with Crippen molar-refractivity contribution in [2.24, 2.45) is 0 Å². The Bertz CT molecular complexity index is 880. The molecule has 3 aromatic rings. The number of alkyl halides is 3. The molecular weight excluding hydrogens is 357 g/mol. The molecular formula is C17H14ClF3N2O2. The highest BCUT2D eigenvalue weighted by molar-refractivity contribution is 6.32. The van der Waals surface area contributed by atoms with E-state index in [9.17, 15) is 18.3 Å². The van der Waals surface area contributed by atoms with E-state index in [1.807, 2.05) is 0 Å². The first-order valence-electron chi connectivity index (χ1n) is 7.44. The first-order valence-corrected chi connectivity index (χ1v) is 7.82. The van der Waals surface area contributed by atoms with E-state index < -0.39 is 18.1 Å². The molecule has 0 saturated heterocycles. The molecule has 1 unspecified atom stereocenters. The molecule has 1 atom stereocenters. The second-order valence-corrected chi connectivity index (χ2v) is 5.83. The number of fused-ring (bicyclic) bond motifs is 1. The summed E-state index contributed by atoms with van der Waals surface area (Å²) >= 11 is 5.94. The number of rotatable bonds is 5. The van der Waals surface area contributed by atoms with Crippen LogP contribution < -0.4 is 4.74 Å². The molecule has 1 aromatic heterocycles. The van der Waals surface area contributed by atoms with Gasteiger partial charge in [0.1, 0.15) is 18.5 Å². The van der Waals surface area contributed by atoms with Gasteiger partial charge in [0.15, 0.2) is 0 Å². The van der Waals surface area contributed by atoms with Crippen molar-refractivity contribution >= 4 is 22.6 Å². The molecule has 0 radical (unpaired) electrons. The van der Waals surface area contributed by atoms with Gasteiger partial charge in [0.25, 0.3) is 0 Å². The summed E-state index contributed by atoms with van der Waals surface area (Å²) in [7, 11) is 0. The normalized spacial score (nSPS) is 13.2. The van der Waals surface area contributed by atoms with Gasteiger partial charge in [0.2, 0.25) is 5.82 Å². The molecule has 4 nitrogen and oxygen atoms in total. The van der Waals surface area contributed by atoms with E-state index in [0.717, 1.165) is 4.57 Å². The number of para-hydroxylation sites is 3. The van der Waals surface area contributed by atoms with Gasteiger partial charge in [-0.3, -0.25) is 0 Å². The topological polar surface area (TPSA) is 47.3 Å². The van der Waals surface area contributed by atoms with Crippen LogP contribution >= 0.6 is 11.6 Å². The van der Waals surface area contributed by atoms with Crippen LogP contribution in [-0.2, 0) is 12.7 Å². The third-order valence-electron chi connectivity index (χ3n) is 3.57. The van der Waals surface area contributed by atoms with E-state index in [2.05, 4.69) is 4.98 Å². The van der Waals surface area contributed by atoms with Crippen molar-refractivity contribution < 1.29 is 23.0 Å². The lowest BCUT2D eigenvalue weighted by molar-refractivity contribution is -0.147. The SMILES string of the molecule is OC(COc1ccccc1Cl)Cn1c(C(F)(F)F)nc2ccccc21. The molecule has 25 heavy (non-hydrogen) atoms. The second kappa shape index (κ2) is 6.93. The van der Waals surface area contributed by atoms with Crippen molar-refractivity contribution in [3.8, 4) is 5.75 Å². The number of halogens is 4. The number of hydrogen-bond acceptors (Lipinski definition) is 3. The third kappa shape index (κ3) is 3.88. The molecule has 0 aliphatic rings. The van der Waals surface area contributed by atoms with Crippen LogP contribution in [0.25, 0.3) is 11.0 Å². The van der Waals surface area contributed by atoms with Crippen molar-refractivity contribution in [3.63, 3.8) is 0 Å². The van der Waals surface area contributed by atoms with Crippen LogP contribution in [0.4, 0.5) is 13.2 Å². The zero-order valence-electron chi connectivity index (χ0n) is 12.9. The van der Waals surface area contributed by atoms with Gasteiger partial charge < -0.3 is 14.4 Å². The molecule has 0 saturated carbocycles. The molecule has 2 aromatic carbocycles. The Morgan fingerprint density at radius 3 is 2.52 bits per heavy atom. The van der Waals surface area contributed by atoms with E-state index in [0.29, 0.717) is 16.3 Å². The number of aliphatic hydroxyl groups excluding tert-OH is 1. The third-order valence-corrected chi connectivity index (χ3v) is 3.88. The van der Waals surface area contributed by atoms with Crippen LogP contribution in [0.5, 0.6) is 5.75 Å². The molecule has 1 N–H and O–H groups in total. The van der Waals surface area contributed by atoms with Gasteiger partial charge in [0, 0.05) is 0 Å². The molecule has 0 aliphatic heterocycles. The lowest BCUT2D eigenvalue weighted by atomic mass is 10.3. The highest BCUT2D eigenvalue weighted by Crippen LogP contribution is 2.31. The summed E-state index contributed by atoms with van der Waals surface area (Å²) in [5.41, 5.74) is 0.515. The molecule has 3 rings (SSSR count). The summed E-state index contributed by atoms with van der Waals surface area (Å²) in [5, 5.41) is 10.5. The highest BCUT2D eigenvalue weighted by Gasteiger charge is 2.37. The molecule has 1 heterocycles. The van der Waals surface area contributed by atoms with Gasteiger partial charge in [-0.1, -0.05) is 35.9 Å². The van der Waals surface area contributed by atoms with Crippen molar-refractivity contribution in [2.75, 3.05) is 6.61 Å². The standard InChI is InChI=1S/C17H14ClF3N2O2/c18-12-5-1-4-8-15(12)25-10-11(24)9-23-14-7-3-2-6-13(14)22-16(23)17(19,20)21/h1-8,11,24H,9-10H2. The van der Waals surface area contributed by atoms with Crippen LogP contribution in [0.2, 0.25) is 5.02 Å². The molecule has 0 fully saturated rings. The Morgan fingerprint density at radius 1 is 1.12 bits per heavy atom. The minimum atomic E-state index is -4.62. The van der Waals surface area contributed by atoms with Gasteiger partial charge in [-0.25, -0.2) is 4.98 Å². The fourth-order valence-electron chi connectivity index (χ4n) is 2.49. The minimum absolute atomic E-state index is 0.201. The lowest BCUT2D eigenvalue weighted by Crippen LogP contribution is -2.26. The predicted octanol–water partition coefficient (Wildman–Crippen LogP) is 4.15. The number of ether oxygens (including phenoxy) is 1. The Hall–Kier alpha value is -2.25. The monoisotopic (exact) mass is 370 g/mol. The van der Waals surface area contributed by atoms with Crippen molar-refractivity contribution in [1.82, 2.24) is 9.55 Å². The molecule has 0 bridgehead atoms. The number of hydrogen-bond donors (Lipinski definition) is 1. The van der Waals surface area contributed by atoms with Crippen LogP contribution in [0.15, 0.2) is 48.5 Å². The smallest absolute Gasteiger partial charge is 0.449 e. The lowest BCUT2D eigenvalue weighted by Gasteiger charge is -2.17. The zero-order valence-corrected chi connectivity index (χ0v) is 13.6. The summed E-state index contributed by atoms with van der Waals surface area (Å²) in [4.78, 5) is 3.63. The number of aliphatic hydroxyl groups is 1.